The summed E-state index contributed by atoms with van der Waals surface area (Å²) in [4.78, 5) is 13.7. The van der Waals surface area contributed by atoms with Gasteiger partial charge in [0.2, 0.25) is 0 Å². The molecule has 0 radical (unpaired) electrons. The van der Waals surface area contributed by atoms with Gasteiger partial charge in [-0.25, -0.2) is 0 Å². The number of carbonyl (C=O) groups excluding carboxylic acids is 1. The van der Waals surface area contributed by atoms with Crippen LogP contribution in [-0.2, 0) is 4.79 Å². The van der Waals surface area contributed by atoms with E-state index < -0.39 is 0 Å². The molecule has 0 saturated heterocycles. The molecule has 0 atom stereocenters. The third kappa shape index (κ3) is 4.25. The number of benzene rings is 2. The number of ketones is 1. The second-order valence-corrected chi connectivity index (χ2v) is 4.41. The standard InChI is InChI=1S/C18H17NO/c1-19(17-10-6-3-7-11-17)15-14-18(20)13-12-16-8-4-2-5-9-16/h2-15H,1H3/b13-12+,15-14+. The average Bonchev–Trinajstić information content (AvgIpc) is 2.52. The average molecular weight is 263 g/mol. The fraction of sp³-hybridized carbons (Fsp3) is 0.0556. The molecule has 0 aliphatic carbocycles. The molecule has 0 unspecified atom stereocenters. The molecule has 0 bridgehead atoms. The van der Waals surface area contributed by atoms with E-state index in [0.717, 1.165) is 11.3 Å². The molecule has 20 heavy (non-hydrogen) atoms. The number of hydrogen-bond donors (Lipinski definition) is 0. The van der Waals surface area contributed by atoms with Gasteiger partial charge in [0.1, 0.15) is 0 Å². The van der Waals surface area contributed by atoms with Gasteiger partial charge in [0.15, 0.2) is 5.78 Å². The van der Waals surface area contributed by atoms with Crippen molar-refractivity contribution < 1.29 is 4.79 Å². The van der Waals surface area contributed by atoms with E-state index in [9.17, 15) is 4.79 Å². The molecule has 0 N–H and O–H groups in total. The fourth-order valence-electron chi connectivity index (χ4n) is 1.73. The Morgan fingerprint density at radius 3 is 2.15 bits per heavy atom. The Bertz CT molecular complexity index is 600. The van der Waals surface area contributed by atoms with E-state index in [1.807, 2.05) is 78.7 Å². The minimum atomic E-state index is -0.0309. The van der Waals surface area contributed by atoms with Crippen LogP contribution in [0.2, 0.25) is 0 Å². The first-order valence-electron chi connectivity index (χ1n) is 6.49. The maximum absolute atomic E-state index is 11.8. The first-order valence-corrected chi connectivity index (χ1v) is 6.49. The van der Waals surface area contributed by atoms with Crippen LogP contribution in [0, 0.1) is 0 Å². The van der Waals surface area contributed by atoms with Crippen LogP contribution in [0.5, 0.6) is 0 Å². The highest BCUT2D eigenvalue weighted by Crippen LogP contribution is 2.11. The predicted octanol–water partition coefficient (Wildman–Crippen LogP) is 3.92. The van der Waals surface area contributed by atoms with E-state index in [4.69, 9.17) is 0 Å². The van der Waals surface area contributed by atoms with E-state index in [0.29, 0.717) is 0 Å². The third-order valence-electron chi connectivity index (χ3n) is 2.87. The molecule has 2 nitrogen and oxygen atoms in total. The minimum Gasteiger partial charge on any atom is -0.351 e. The summed E-state index contributed by atoms with van der Waals surface area (Å²) in [6, 6.07) is 19.7. The lowest BCUT2D eigenvalue weighted by molar-refractivity contribution is -0.110. The maximum Gasteiger partial charge on any atom is 0.180 e. The quantitative estimate of drug-likeness (QED) is 0.762. The van der Waals surface area contributed by atoms with Gasteiger partial charge in [-0.3, -0.25) is 4.79 Å². The van der Waals surface area contributed by atoms with E-state index in [1.54, 1.807) is 18.4 Å². The van der Waals surface area contributed by atoms with Gasteiger partial charge in [-0.05, 0) is 23.8 Å². The Labute approximate surface area is 119 Å². The van der Waals surface area contributed by atoms with Crippen LogP contribution in [0.1, 0.15) is 5.56 Å². The molecule has 0 aliphatic rings. The predicted molar refractivity (Wildman–Crippen MR) is 84.5 cm³/mol. The van der Waals surface area contributed by atoms with Crippen molar-refractivity contribution in [3.63, 3.8) is 0 Å². The highest BCUT2D eigenvalue weighted by Gasteiger charge is 1.95. The van der Waals surface area contributed by atoms with Crippen molar-refractivity contribution in [1.29, 1.82) is 0 Å². The number of anilines is 1. The SMILES string of the molecule is CN(/C=C/C(=O)/C=C/c1ccccc1)c1ccccc1. The summed E-state index contributed by atoms with van der Waals surface area (Å²) in [7, 11) is 1.92. The Kier molecular flexibility index (Phi) is 4.90. The van der Waals surface area contributed by atoms with E-state index in [1.165, 1.54) is 0 Å². The number of nitrogens with zero attached hydrogens (tertiary/aromatic N) is 1. The van der Waals surface area contributed by atoms with E-state index in [2.05, 4.69) is 0 Å². The Hall–Kier alpha value is -2.61. The van der Waals surface area contributed by atoms with Crippen molar-refractivity contribution >= 4 is 17.5 Å². The van der Waals surface area contributed by atoms with Crippen LogP contribution in [0.3, 0.4) is 0 Å². The lowest BCUT2D eigenvalue weighted by atomic mass is 10.2. The fourth-order valence-corrected chi connectivity index (χ4v) is 1.73. The van der Waals surface area contributed by atoms with Crippen LogP contribution in [0.4, 0.5) is 5.69 Å². The Morgan fingerprint density at radius 1 is 0.900 bits per heavy atom. The zero-order valence-corrected chi connectivity index (χ0v) is 11.4. The minimum absolute atomic E-state index is 0.0309. The summed E-state index contributed by atoms with van der Waals surface area (Å²) in [6.45, 7) is 0. The van der Waals surface area contributed by atoms with Crippen molar-refractivity contribution in [2.75, 3.05) is 11.9 Å². The molecule has 2 rings (SSSR count). The van der Waals surface area contributed by atoms with Crippen LogP contribution < -0.4 is 4.90 Å². The van der Waals surface area contributed by atoms with Gasteiger partial charge in [0, 0.05) is 25.0 Å². The molecular formula is C18H17NO. The largest absolute Gasteiger partial charge is 0.351 e. The van der Waals surface area contributed by atoms with Crippen molar-refractivity contribution in [3.05, 3.63) is 84.6 Å². The van der Waals surface area contributed by atoms with Crippen LogP contribution >= 0.6 is 0 Å². The zero-order chi connectivity index (χ0) is 14.2. The van der Waals surface area contributed by atoms with Crippen LogP contribution in [-0.4, -0.2) is 12.8 Å². The van der Waals surface area contributed by atoms with Crippen molar-refractivity contribution in [3.8, 4) is 0 Å². The third-order valence-corrected chi connectivity index (χ3v) is 2.87. The summed E-state index contributed by atoms with van der Waals surface area (Å²) >= 11 is 0. The number of rotatable bonds is 5. The van der Waals surface area contributed by atoms with Gasteiger partial charge in [-0.15, -0.1) is 0 Å². The summed E-state index contributed by atoms with van der Waals surface area (Å²) in [6.07, 6.45) is 6.72. The van der Waals surface area contributed by atoms with Crippen molar-refractivity contribution in [2.24, 2.45) is 0 Å². The monoisotopic (exact) mass is 263 g/mol. The highest BCUT2D eigenvalue weighted by atomic mass is 16.1. The molecule has 0 saturated carbocycles. The first-order chi connectivity index (χ1) is 9.75. The molecule has 0 heterocycles. The second kappa shape index (κ2) is 7.10. The van der Waals surface area contributed by atoms with Crippen molar-refractivity contribution in [1.82, 2.24) is 0 Å². The normalized spacial score (nSPS) is 11.1. The molecule has 0 amide bonds. The summed E-state index contributed by atoms with van der Waals surface area (Å²) in [5, 5.41) is 0. The number of hydrogen-bond acceptors (Lipinski definition) is 2. The smallest absolute Gasteiger partial charge is 0.180 e. The Morgan fingerprint density at radius 2 is 1.50 bits per heavy atom. The van der Waals surface area contributed by atoms with Gasteiger partial charge < -0.3 is 4.90 Å². The number of para-hydroxylation sites is 1. The topological polar surface area (TPSA) is 20.3 Å². The molecule has 2 heteroatoms. The van der Waals surface area contributed by atoms with Gasteiger partial charge in [0.05, 0.1) is 0 Å². The van der Waals surface area contributed by atoms with Gasteiger partial charge in [0.25, 0.3) is 0 Å². The maximum atomic E-state index is 11.8. The molecule has 0 aliphatic heterocycles. The van der Waals surface area contributed by atoms with E-state index in [-0.39, 0.29) is 5.78 Å². The summed E-state index contributed by atoms with van der Waals surface area (Å²) < 4.78 is 0. The molecule has 0 spiro atoms. The summed E-state index contributed by atoms with van der Waals surface area (Å²) in [5.74, 6) is -0.0309. The zero-order valence-electron chi connectivity index (χ0n) is 11.4. The Balaban J connectivity index is 1.94. The lowest BCUT2D eigenvalue weighted by Gasteiger charge is -2.12. The molecule has 100 valence electrons. The first kappa shape index (κ1) is 13.8. The van der Waals surface area contributed by atoms with Gasteiger partial charge >= 0.3 is 0 Å². The molecular weight excluding hydrogens is 246 g/mol. The number of carbonyl (C=O) groups is 1. The van der Waals surface area contributed by atoms with E-state index >= 15 is 0 Å². The second-order valence-electron chi connectivity index (χ2n) is 4.41. The summed E-state index contributed by atoms with van der Waals surface area (Å²) in [5.41, 5.74) is 2.06. The van der Waals surface area contributed by atoms with Crippen LogP contribution in [0.15, 0.2) is 79.0 Å². The van der Waals surface area contributed by atoms with Crippen LogP contribution in [0.25, 0.3) is 6.08 Å². The van der Waals surface area contributed by atoms with Gasteiger partial charge in [-0.1, -0.05) is 54.6 Å². The van der Waals surface area contributed by atoms with Gasteiger partial charge in [-0.2, -0.15) is 0 Å². The molecule has 2 aromatic rings. The molecule has 2 aromatic carbocycles. The lowest BCUT2D eigenvalue weighted by Crippen LogP contribution is -2.08. The molecule has 0 fully saturated rings. The molecule has 0 aromatic heterocycles. The number of allylic oxidation sites excluding steroid dienone is 2. The highest BCUT2D eigenvalue weighted by molar-refractivity contribution is 6.02. The van der Waals surface area contributed by atoms with Crippen molar-refractivity contribution in [2.45, 2.75) is 0 Å².